The molecule has 0 saturated heterocycles. The maximum Gasteiger partial charge on any atom is 0.356 e. The van der Waals surface area contributed by atoms with E-state index in [1.165, 1.54) is 4.90 Å². The number of nitrogen functional groups attached to an aromatic ring is 1. The van der Waals surface area contributed by atoms with Gasteiger partial charge in [-0.1, -0.05) is 41.4 Å². The second-order valence-corrected chi connectivity index (χ2v) is 7.82. The Labute approximate surface area is 175 Å². The van der Waals surface area contributed by atoms with Crippen molar-refractivity contribution >= 4 is 40.2 Å². The van der Waals surface area contributed by atoms with Crippen LogP contribution in [0.2, 0.25) is 10.0 Å². The van der Waals surface area contributed by atoms with Gasteiger partial charge in [-0.3, -0.25) is 5.73 Å². The number of fused-ring (bicyclic) bond motifs is 1. The van der Waals surface area contributed by atoms with Crippen molar-refractivity contribution in [2.75, 3.05) is 25.4 Å². The van der Waals surface area contributed by atoms with Gasteiger partial charge >= 0.3 is 5.95 Å². The van der Waals surface area contributed by atoms with Crippen molar-refractivity contribution in [1.82, 2.24) is 4.57 Å². The second-order valence-electron chi connectivity index (χ2n) is 7.01. The lowest BCUT2D eigenvalue weighted by Crippen LogP contribution is -3.11. The van der Waals surface area contributed by atoms with Gasteiger partial charge in [-0.05, 0) is 43.7 Å². The minimum absolute atomic E-state index is 0.343. The van der Waals surface area contributed by atoms with Crippen LogP contribution in [0.25, 0.3) is 11.0 Å². The van der Waals surface area contributed by atoms with Gasteiger partial charge in [0.25, 0.3) is 0 Å². The summed E-state index contributed by atoms with van der Waals surface area (Å²) in [7, 11) is 0. The van der Waals surface area contributed by atoms with Gasteiger partial charge in [0.1, 0.15) is 36.8 Å². The molecule has 0 spiro atoms. The predicted molar refractivity (Wildman–Crippen MR) is 115 cm³/mol. The third kappa shape index (κ3) is 4.28. The van der Waals surface area contributed by atoms with Gasteiger partial charge in [0.05, 0.1) is 23.1 Å². The maximum absolute atomic E-state index is 10.8. The molecule has 3 aromatic rings. The number of aromatic nitrogens is 2. The highest BCUT2D eigenvalue weighted by molar-refractivity contribution is 6.42. The van der Waals surface area contributed by atoms with Gasteiger partial charge in [0, 0.05) is 0 Å². The van der Waals surface area contributed by atoms with E-state index in [-0.39, 0.29) is 0 Å². The van der Waals surface area contributed by atoms with Gasteiger partial charge < -0.3 is 10.0 Å². The number of quaternary nitrogens is 1. The Morgan fingerprint density at radius 3 is 2.50 bits per heavy atom. The fourth-order valence-electron chi connectivity index (χ4n) is 3.61. The molecular formula is C21H28Cl2N4O+2. The van der Waals surface area contributed by atoms with Crippen molar-refractivity contribution in [3.8, 4) is 0 Å². The van der Waals surface area contributed by atoms with Crippen LogP contribution in [0, 0.1) is 0 Å². The molecule has 7 heteroatoms. The van der Waals surface area contributed by atoms with Crippen molar-refractivity contribution in [2.24, 2.45) is 0 Å². The molecule has 28 heavy (non-hydrogen) atoms. The largest absolute Gasteiger partial charge is 0.385 e. The first-order valence-electron chi connectivity index (χ1n) is 9.69. The number of halogens is 2. The van der Waals surface area contributed by atoms with Crippen LogP contribution in [-0.2, 0) is 13.1 Å². The number of nitrogens with zero attached hydrogens (tertiary/aromatic N) is 2. The fourth-order valence-corrected chi connectivity index (χ4v) is 3.92. The van der Waals surface area contributed by atoms with E-state index >= 15 is 0 Å². The summed E-state index contributed by atoms with van der Waals surface area (Å²) in [5, 5.41) is 11.7. The molecule has 150 valence electrons. The molecule has 0 saturated carbocycles. The Bertz CT molecular complexity index is 953. The van der Waals surface area contributed by atoms with Crippen LogP contribution in [0.4, 0.5) is 5.95 Å². The minimum atomic E-state index is -0.741. The molecule has 0 fully saturated rings. The third-order valence-electron chi connectivity index (χ3n) is 5.39. The number of nitrogens with two attached hydrogens (primary N) is 1. The summed E-state index contributed by atoms with van der Waals surface area (Å²) in [4.78, 5) is 1.53. The molecule has 0 radical (unpaired) electrons. The van der Waals surface area contributed by atoms with Gasteiger partial charge in [-0.25, -0.2) is 9.13 Å². The van der Waals surface area contributed by atoms with Crippen LogP contribution in [0.5, 0.6) is 0 Å². The van der Waals surface area contributed by atoms with E-state index in [2.05, 4.69) is 24.5 Å². The van der Waals surface area contributed by atoms with Gasteiger partial charge in [-0.2, -0.15) is 0 Å². The first-order valence-corrected chi connectivity index (χ1v) is 10.4. The molecule has 1 heterocycles. The van der Waals surface area contributed by atoms with Crippen molar-refractivity contribution in [2.45, 2.75) is 33.0 Å². The number of likely N-dealkylation sites (N-methyl/N-ethyl adjacent to an activating group) is 1. The zero-order valence-corrected chi connectivity index (χ0v) is 17.8. The lowest BCUT2D eigenvalue weighted by atomic mass is 10.1. The van der Waals surface area contributed by atoms with Crippen LogP contribution in [-0.4, -0.2) is 29.3 Å². The molecule has 0 aliphatic rings. The Balaban J connectivity index is 1.92. The van der Waals surface area contributed by atoms with Crippen molar-refractivity contribution in [1.29, 1.82) is 0 Å². The average molecular weight is 423 g/mol. The third-order valence-corrected chi connectivity index (χ3v) is 6.13. The van der Waals surface area contributed by atoms with Gasteiger partial charge in [0.2, 0.25) is 0 Å². The summed E-state index contributed by atoms with van der Waals surface area (Å²) in [6, 6.07) is 13.3. The van der Waals surface area contributed by atoms with Crippen LogP contribution < -0.4 is 15.2 Å². The van der Waals surface area contributed by atoms with Crippen LogP contribution in [0.3, 0.4) is 0 Å². The standard InChI is InChI=1S/C21H26Cl2N4O/c1-3-25(4-2)11-12-26-18-7-5-6-8-19(18)27(21(26)24)14-20(28)15-9-10-16(22)17(23)13-15/h5-10,13,20,24,28H,3-4,11-12,14H2,1-2H3/p+2/t20-/m1/s1. The molecule has 0 amide bonds. The number of hydrogen-bond donors (Lipinski definition) is 3. The molecule has 2 aromatic carbocycles. The number of rotatable bonds is 8. The molecule has 0 aliphatic carbocycles. The number of aliphatic hydroxyl groups excluding tert-OH is 1. The van der Waals surface area contributed by atoms with Crippen molar-refractivity contribution in [3.05, 3.63) is 58.1 Å². The van der Waals surface area contributed by atoms with E-state index in [4.69, 9.17) is 28.9 Å². The number of imidazole rings is 1. The summed E-state index contributed by atoms with van der Waals surface area (Å²) in [6.07, 6.45) is -0.741. The fraction of sp³-hybridized carbons (Fsp3) is 0.381. The van der Waals surface area contributed by atoms with E-state index in [0.717, 1.165) is 37.2 Å². The number of hydrogen-bond acceptors (Lipinski definition) is 2. The number of para-hydroxylation sites is 2. The summed E-state index contributed by atoms with van der Waals surface area (Å²) in [6.45, 7) is 8.75. The molecule has 0 unspecified atom stereocenters. The van der Waals surface area contributed by atoms with E-state index in [1.807, 2.05) is 22.8 Å². The maximum atomic E-state index is 10.8. The Hall–Kier alpha value is -1.79. The van der Waals surface area contributed by atoms with E-state index in [1.54, 1.807) is 18.2 Å². The highest BCUT2D eigenvalue weighted by Gasteiger charge is 2.24. The van der Waals surface area contributed by atoms with E-state index in [9.17, 15) is 5.11 Å². The SMILES string of the molecule is CC[NH+](CC)CCn1c(N)[n+](C[C@@H](O)c2ccc(Cl)c(Cl)c2)c2ccccc21. The molecular weight excluding hydrogens is 395 g/mol. The Morgan fingerprint density at radius 1 is 1.11 bits per heavy atom. The molecule has 3 rings (SSSR count). The predicted octanol–water partition coefficient (Wildman–Crippen LogP) is 2.48. The quantitative estimate of drug-likeness (QED) is 0.488. The first kappa shape index (κ1) is 20.9. The summed E-state index contributed by atoms with van der Waals surface area (Å²) >= 11 is 12.1. The van der Waals surface area contributed by atoms with Crippen LogP contribution in [0.15, 0.2) is 42.5 Å². The zero-order chi connectivity index (χ0) is 20.3. The van der Waals surface area contributed by atoms with E-state index < -0.39 is 6.10 Å². The summed E-state index contributed by atoms with van der Waals surface area (Å²) < 4.78 is 4.11. The highest BCUT2D eigenvalue weighted by atomic mass is 35.5. The number of anilines is 1. The van der Waals surface area contributed by atoms with Gasteiger partial charge in [0.15, 0.2) is 0 Å². The summed E-state index contributed by atoms with van der Waals surface area (Å²) in [5.41, 5.74) is 9.32. The normalized spacial score (nSPS) is 12.8. The summed E-state index contributed by atoms with van der Waals surface area (Å²) in [5.74, 6) is 0.645. The van der Waals surface area contributed by atoms with Crippen LogP contribution >= 0.6 is 23.2 Å². The van der Waals surface area contributed by atoms with E-state index in [0.29, 0.717) is 28.1 Å². The lowest BCUT2D eigenvalue weighted by molar-refractivity contribution is -0.897. The van der Waals surface area contributed by atoms with Crippen molar-refractivity contribution in [3.63, 3.8) is 0 Å². The first-order chi connectivity index (χ1) is 13.5. The molecule has 5 nitrogen and oxygen atoms in total. The molecule has 0 aliphatic heterocycles. The number of benzene rings is 2. The Morgan fingerprint density at radius 2 is 1.82 bits per heavy atom. The topological polar surface area (TPSA) is 59.5 Å². The highest BCUT2D eigenvalue weighted by Crippen LogP contribution is 2.26. The molecule has 4 N–H and O–H groups in total. The smallest absolute Gasteiger partial charge is 0.356 e. The Kier molecular flexibility index (Phi) is 6.83. The second kappa shape index (κ2) is 9.14. The molecule has 1 aromatic heterocycles. The zero-order valence-electron chi connectivity index (χ0n) is 16.3. The van der Waals surface area contributed by atoms with Crippen molar-refractivity contribution < 1.29 is 14.6 Å². The lowest BCUT2D eigenvalue weighted by Gasteiger charge is -2.14. The molecule has 0 bridgehead atoms. The average Bonchev–Trinajstić information content (AvgIpc) is 2.96. The number of nitrogens with one attached hydrogen (secondary N) is 1. The molecule has 1 atom stereocenters. The monoisotopic (exact) mass is 422 g/mol. The number of aliphatic hydroxyl groups is 1. The van der Waals surface area contributed by atoms with Crippen LogP contribution in [0.1, 0.15) is 25.5 Å². The minimum Gasteiger partial charge on any atom is -0.385 e. The van der Waals surface area contributed by atoms with Gasteiger partial charge in [-0.15, -0.1) is 0 Å².